The second kappa shape index (κ2) is 3.02. The normalized spacial score (nSPS) is 10.2. The van der Waals surface area contributed by atoms with Gasteiger partial charge in [0.2, 0.25) is 5.89 Å². The van der Waals surface area contributed by atoms with Crippen LogP contribution in [0.4, 0.5) is 0 Å². The summed E-state index contributed by atoms with van der Waals surface area (Å²) in [6.07, 6.45) is 2.98. The van der Waals surface area contributed by atoms with Crippen LogP contribution in [0.5, 0.6) is 0 Å². The van der Waals surface area contributed by atoms with E-state index < -0.39 is 5.97 Å². The first-order valence-electron chi connectivity index (χ1n) is 3.49. The molecule has 13 heavy (non-hydrogen) atoms. The predicted molar refractivity (Wildman–Crippen MR) is 46.8 cm³/mol. The Morgan fingerprint density at radius 2 is 2.46 bits per heavy atom. The summed E-state index contributed by atoms with van der Waals surface area (Å²) < 4.78 is 5.02. The van der Waals surface area contributed by atoms with Crippen LogP contribution in [-0.4, -0.2) is 16.1 Å². The molecule has 2 rings (SSSR count). The lowest BCUT2D eigenvalue weighted by Crippen LogP contribution is -1.91. The van der Waals surface area contributed by atoms with Crippen molar-refractivity contribution in [1.29, 1.82) is 0 Å². The van der Waals surface area contributed by atoms with Crippen molar-refractivity contribution < 1.29 is 14.3 Å². The fourth-order valence-corrected chi connectivity index (χ4v) is 1.73. The second-order valence-corrected chi connectivity index (χ2v) is 3.25. The third kappa shape index (κ3) is 1.46. The Morgan fingerprint density at radius 3 is 3.00 bits per heavy atom. The van der Waals surface area contributed by atoms with Crippen molar-refractivity contribution in [3.05, 3.63) is 29.5 Å². The molecule has 0 saturated heterocycles. The van der Waals surface area contributed by atoms with Gasteiger partial charge in [0.05, 0.1) is 16.6 Å². The lowest BCUT2D eigenvalue weighted by atomic mass is 10.3. The van der Waals surface area contributed by atoms with Crippen molar-refractivity contribution in [2.24, 2.45) is 0 Å². The van der Waals surface area contributed by atoms with Crippen LogP contribution < -0.4 is 0 Å². The molecule has 0 aliphatic rings. The van der Waals surface area contributed by atoms with E-state index in [2.05, 4.69) is 4.98 Å². The molecule has 1 N–H and O–H groups in total. The number of aromatic nitrogens is 1. The van der Waals surface area contributed by atoms with Gasteiger partial charge in [0.15, 0.2) is 0 Å². The third-order valence-corrected chi connectivity index (χ3v) is 2.41. The fraction of sp³-hybridized carbons (Fsp3) is 0. The Balaban J connectivity index is 2.39. The Morgan fingerprint density at radius 1 is 1.62 bits per heavy atom. The van der Waals surface area contributed by atoms with Gasteiger partial charge in [-0.2, -0.15) is 0 Å². The van der Waals surface area contributed by atoms with Gasteiger partial charge in [0.1, 0.15) is 6.26 Å². The number of carbonyl (C=O) groups is 1. The Labute approximate surface area is 77.5 Å². The molecule has 2 aromatic rings. The second-order valence-electron chi connectivity index (χ2n) is 2.34. The lowest BCUT2D eigenvalue weighted by Gasteiger charge is -1.85. The Hall–Kier alpha value is -1.62. The zero-order chi connectivity index (χ0) is 9.26. The van der Waals surface area contributed by atoms with E-state index in [0.29, 0.717) is 5.89 Å². The molecule has 0 radical (unpaired) electrons. The van der Waals surface area contributed by atoms with Crippen LogP contribution in [-0.2, 0) is 0 Å². The zero-order valence-corrected chi connectivity index (χ0v) is 7.25. The van der Waals surface area contributed by atoms with Crippen LogP contribution in [0.1, 0.15) is 10.4 Å². The summed E-state index contributed by atoms with van der Waals surface area (Å²) in [6, 6.07) is 1.54. The molecule has 2 aromatic heterocycles. The molecular formula is C8H5NO3S. The van der Waals surface area contributed by atoms with Gasteiger partial charge in [-0.05, 0) is 6.07 Å². The first-order valence-corrected chi connectivity index (χ1v) is 4.37. The van der Waals surface area contributed by atoms with Crippen LogP contribution in [0, 0.1) is 0 Å². The van der Waals surface area contributed by atoms with Gasteiger partial charge in [0.25, 0.3) is 0 Å². The van der Waals surface area contributed by atoms with E-state index in [1.807, 2.05) is 0 Å². The summed E-state index contributed by atoms with van der Waals surface area (Å²) in [5, 5.41) is 10.2. The van der Waals surface area contributed by atoms with Crippen molar-refractivity contribution in [3.63, 3.8) is 0 Å². The van der Waals surface area contributed by atoms with Gasteiger partial charge in [-0.3, -0.25) is 0 Å². The largest absolute Gasteiger partial charge is 0.478 e. The molecule has 0 fully saturated rings. The molecule has 0 unspecified atom stereocenters. The van der Waals surface area contributed by atoms with E-state index >= 15 is 0 Å². The van der Waals surface area contributed by atoms with Crippen molar-refractivity contribution in [2.75, 3.05) is 0 Å². The summed E-state index contributed by atoms with van der Waals surface area (Å²) >= 11 is 1.30. The Kier molecular flexibility index (Phi) is 1.86. The standard InChI is InChI=1S/C8H5NO3S/c10-8(11)5-3-6(13-4-5)7-9-1-2-12-7/h1-4H,(H,10,11). The number of nitrogens with zero attached hydrogens (tertiary/aromatic N) is 1. The molecule has 0 atom stereocenters. The molecule has 0 aliphatic heterocycles. The SMILES string of the molecule is O=C(O)c1csc(-c2ncco2)c1. The molecule has 0 aromatic carbocycles. The summed E-state index contributed by atoms with van der Waals surface area (Å²) in [6.45, 7) is 0. The molecule has 0 amide bonds. The number of thiophene rings is 1. The third-order valence-electron chi connectivity index (χ3n) is 1.49. The lowest BCUT2D eigenvalue weighted by molar-refractivity contribution is 0.0697. The minimum absolute atomic E-state index is 0.262. The topological polar surface area (TPSA) is 63.3 Å². The van der Waals surface area contributed by atoms with Crippen LogP contribution in [0.2, 0.25) is 0 Å². The molecule has 0 saturated carbocycles. The zero-order valence-electron chi connectivity index (χ0n) is 6.43. The average Bonchev–Trinajstić information content (AvgIpc) is 2.75. The number of hydrogen-bond donors (Lipinski definition) is 1. The summed E-state index contributed by atoms with van der Waals surface area (Å²) in [5.74, 6) is -0.480. The monoisotopic (exact) mass is 195 g/mol. The number of carboxylic acids is 1. The molecule has 5 heteroatoms. The first-order chi connectivity index (χ1) is 6.27. The molecule has 2 heterocycles. The van der Waals surface area contributed by atoms with E-state index in [4.69, 9.17) is 9.52 Å². The van der Waals surface area contributed by atoms with Gasteiger partial charge >= 0.3 is 5.97 Å². The van der Waals surface area contributed by atoms with Crippen molar-refractivity contribution >= 4 is 17.3 Å². The fourth-order valence-electron chi connectivity index (χ4n) is 0.906. The number of carboxylic acid groups (broad SMARTS) is 1. The van der Waals surface area contributed by atoms with Crippen LogP contribution >= 0.6 is 11.3 Å². The van der Waals surface area contributed by atoms with E-state index in [-0.39, 0.29) is 5.56 Å². The highest BCUT2D eigenvalue weighted by molar-refractivity contribution is 7.13. The van der Waals surface area contributed by atoms with E-state index in [9.17, 15) is 4.79 Å². The van der Waals surface area contributed by atoms with Gasteiger partial charge in [-0.25, -0.2) is 9.78 Å². The summed E-state index contributed by atoms with van der Waals surface area (Å²) in [5.41, 5.74) is 0.262. The number of aromatic carboxylic acids is 1. The average molecular weight is 195 g/mol. The van der Waals surface area contributed by atoms with Crippen molar-refractivity contribution in [3.8, 4) is 10.8 Å². The van der Waals surface area contributed by atoms with Crippen LogP contribution in [0.3, 0.4) is 0 Å². The maximum Gasteiger partial charge on any atom is 0.336 e. The molecule has 66 valence electrons. The highest BCUT2D eigenvalue weighted by atomic mass is 32.1. The minimum atomic E-state index is -0.936. The molecule has 0 spiro atoms. The molecule has 0 aliphatic carbocycles. The smallest absolute Gasteiger partial charge is 0.336 e. The van der Waals surface area contributed by atoms with Gasteiger partial charge in [-0.15, -0.1) is 11.3 Å². The highest BCUT2D eigenvalue weighted by Gasteiger charge is 2.10. The van der Waals surface area contributed by atoms with Gasteiger partial charge in [-0.1, -0.05) is 0 Å². The summed E-state index contributed by atoms with van der Waals surface area (Å²) in [7, 11) is 0. The summed E-state index contributed by atoms with van der Waals surface area (Å²) in [4.78, 5) is 15.2. The number of hydrogen-bond acceptors (Lipinski definition) is 4. The maximum absolute atomic E-state index is 10.5. The molecule has 4 nitrogen and oxygen atoms in total. The van der Waals surface area contributed by atoms with Crippen LogP contribution in [0.25, 0.3) is 10.8 Å². The van der Waals surface area contributed by atoms with Gasteiger partial charge in [0, 0.05) is 5.38 Å². The predicted octanol–water partition coefficient (Wildman–Crippen LogP) is 2.10. The first kappa shape index (κ1) is 8.00. The quantitative estimate of drug-likeness (QED) is 0.797. The van der Waals surface area contributed by atoms with E-state index in [1.54, 1.807) is 11.4 Å². The Bertz CT molecular complexity index is 418. The van der Waals surface area contributed by atoms with Crippen molar-refractivity contribution in [1.82, 2.24) is 4.98 Å². The highest BCUT2D eigenvalue weighted by Crippen LogP contribution is 2.25. The number of rotatable bonds is 2. The maximum atomic E-state index is 10.5. The van der Waals surface area contributed by atoms with E-state index in [0.717, 1.165) is 4.88 Å². The van der Waals surface area contributed by atoms with Crippen molar-refractivity contribution in [2.45, 2.75) is 0 Å². The minimum Gasteiger partial charge on any atom is -0.478 e. The van der Waals surface area contributed by atoms with Crippen LogP contribution in [0.15, 0.2) is 28.3 Å². The number of oxazole rings is 1. The molecular weight excluding hydrogens is 190 g/mol. The van der Waals surface area contributed by atoms with Gasteiger partial charge < -0.3 is 9.52 Å². The molecule has 0 bridgehead atoms. The van der Waals surface area contributed by atoms with E-state index in [1.165, 1.54) is 23.8 Å².